The van der Waals surface area contributed by atoms with Crippen LogP contribution in [0.1, 0.15) is 45.4 Å². The zero-order valence-corrected chi connectivity index (χ0v) is 11.4. The zero-order chi connectivity index (χ0) is 12.3. The van der Waals surface area contributed by atoms with E-state index in [1.165, 1.54) is 25.7 Å². The molecule has 1 aromatic rings. The third-order valence-corrected chi connectivity index (χ3v) is 3.79. The molecule has 2 rings (SSSR count). The molecule has 1 heterocycles. The predicted molar refractivity (Wildman–Crippen MR) is 73.8 cm³/mol. The molecule has 1 aliphatic carbocycles. The first kappa shape index (κ1) is 12.6. The number of hydrogen-bond donors (Lipinski definition) is 2. The predicted octanol–water partition coefficient (Wildman–Crippen LogP) is 3.69. The van der Waals surface area contributed by atoms with Gasteiger partial charge in [0.15, 0.2) is 0 Å². The summed E-state index contributed by atoms with van der Waals surface area (Å²) in [5.41, 5.74) is 0. The molecule has 1 saturated carbocycles. The molecule has 2 unspecified atom stereocenters. The molecule has 3 nitrogen and oxygen atoms in total. The van der Waals surface area contributed by atoms with Crippen molar-refractivity contribution in [3.63, 3.8) is 0 Å². The van der Waals surface area contributed by atoms with Crippen molar-refractivity contribution in [2.24, 2.45) is 5.92 Å². The van der Waals surface area contributed by atoms with Gasteiger partial charge in [-0.05, 0) is 18.8 Å². The van der Waals surface area contributed by atoms with Gasteiger partial charge in [-0.15, -0.1) is 0 Å². The van der Waals surface area contributed by atoms with Gasteiger partial charge in [-0.2, -0.15) is 0 Å². The number of hydrogen-bond acceptors (Lipinski definition) is 3. The Balaban J connectivity index is 2.11. The third-order valence-electron chi connectivity index (χ3n) is 3.58. The molecule has 1 aliphatic rings. The van der Waals surface area contributed by atoms with Crippen LogP contribution in [0.15, 0.2) is 6.07 Å². The fourth-order valence-electron chi connectivity index (χ4n) is 2.48. The molecule has 1 aromatic heterocycles. The van der Waals surface area contributed by atoms with Crippen molar-refractivity contribution in [1.82, 2.24) is 9.97 Å². The van der Waals surface area contributed by atoms with Crippen molar-refractivity contribution in [3.8, 4) is 0 Å². The Bertz CT molecular complexity index is 427. The van der Waals surface area contributed by atoms with Gasteiger partial charge in [-0.3, -0.25) is 0 Å². The first-order valence-corrected chi connectivity index (χ1v) is 6.96. The normalized spacial score (nSPS) is 24.6. The van der Waals surface area contributed by atoms with E-state index in [2.05, 4.69) is 29.1 Å². The van der Waals surface area contributed by atoms with E-state index in [0.717, 1.165) is 24.0 Å². The van der Waals surface area contributed by atoms with Crippen LogP contribution in [-0.4, -0.2) is 16.0 Å². The molecule has 0 radical (unpaired) electrons. The first-order chi connectivity index (χ1) is 8.19. The second kappa shape index (κ2) is 5.63. The minimum absolute atomic E-state index is 0.571. The molecule has 17 heavy (non-hydrogen) atoms. The van der Waals surface area contributed by atoms with E-state index in [9.17, 15) is 0 Å². The number of anilines is 1. The van der Waals surface area contributed by atoms with Crippen LogP contribution in [0.2, 0.25) is 0 Å². The van der Waals surface area contributed by atoms with Gasteiger partial charge in [0, 0.05) is 18.5 Å². The molecule has 2 N–H and O–H groups in total. The van der Waals surface area contributed by atoms with Gasteiger partial charge < -0.3 is 10.3 Å². The molecule has 4 heteroatoms. The monoisotopic (exact) mass is 251 g/mol. The molecule has 2 atom stereocenters. The van der Waals surface area contributed by atoms with Crippen LogP contribution in [0.5, 0.6) is 0 Å². The van der Waals surface area contributed by atoms with Gasteiger partial charge in [0.2, 0.25) is 0 Å². The van der Waals surface area contributed by atoms with Gasteiger partial charge in [0.05, 0.1) is 0 Å². The minimum Gasteiger partial charge on any atom is -0.369 e. The van der Waals surface area contributed by atoms with Crippen molar-refractivity contribution in [2.75, 3.05) is 5.32 Å². The molecule has 0 saturated heterocycles. The molecule has 0 amide bonds. The van der Waals surface area contributed by atoms with E-state index in [4.69, 9.17) is 12.2 Å². The van der Waals surface area contributed by atoms with E-state index in [0.29, 0.717) is 10.7 Å². The van der Waals surface area contributed by atoms with E-state index in [-0.39, 0.29) is 0 Å². The minimum atomic E-state index is 0.571. The van der Waals surface area contributed by atoms with Crippen molar-refractivity contribution in [1.29, 1.82) is 0 Å². The molecule has 1 fully saturated rings. The molecule has 0 bridgehead atoms. The van der Waals surface area contributed by atoms with Crippen molar-refractivity contribution in [3.05, 3.63) is 16.5 Å². The van der Waals surface area contributed by atoms with Gasteiger partial charge >= 0.3 is 0 Å². The number of nitrogens with zero attached hydrogens (tertiary/aromatic N) is 1. The SMILES string of the molecule is CCc1nc(=S)cc(NC2CCCCC2C)[nH]1. The van der Waals surface area contributed by atoms with Crippen LogP contribution >= 0.6 is 12.2 Å². The summed E-state index contributed by atoms with van der Waals surface area (Å²) in [5.74, 6) is 2.73. The van der Waals surface area contributed by atoms with Crippen molar-refractivity contribution < 1.29 is 0 Å². The summed E-state index contributed by atoms with van der Waals surface area (Å²) in [6, 6.07) is 2.50. The Hall–Kier alpha value is -0.900. The van der Waals surface area contributed by atoms with Crippen molar-refractivity contribution >= 4 is 18.0 Å². The largest absolute Gasteiger partial charge is 0.369 e. The van der Waals surface area contributed by atoms with Gasteiger partial charge in [-0.1, -0.05) is 38.9 Å². The van der Waals surface area contributed by atoms with Crippen LogP contribution < -0.4 is 5.32 Å². The highest BCUT2D eigenvalue weighted by atomic mass is 32.1. The maximum Gasteiger partial charge on any atom is 0.131 e. The highest BCUT2D eigenvalue weighted by Crippen LogP contribution is 2.26. The zero-order valence-electron chi connectivity index (χ0n) is 10.6. The Labute approximate surface area is 108 Å². The Morgan fingerprint density at radius 1 is 1.47 bits per heavy atom. The average molecular weight is 251 g/mol. The Morgan fingerprint density at radius 3 is 2.94 bits per heavy atom. The van der Waals surface area contributed by atoms with Crippen LogP contribution in [0, 0.1) is 10.6 Å². The second-order valence-electron chi connectivity index (χ2n) is 4.95. The standard InChI is InChI=1S/C13H21N3S/c1-3-11-15-12(8-13(17)16-11)14-10-7-5-4-6-9(10)2/h8-10H,3-7H2,1-2H3,(H2,14,15,16,17). The Kier molecular flexibility index (Phi) is 4.15. The summed E-state index contributed by atoms with van der Waals surface area (Å²) in [6.45, 7) is 4.41. The fraction of sp³-hybridized carbons (Fsp3) is 0.692. The molecule has 0 aliphatic heterocycles. The van der Waals surface area contributed by atoms with Gasteiger partial charge in [0.1, 0.15) is 16.3 Å². The average Bonchev–Trinajstić information content (AvgIpc) is 2.31. The lowest BCUT2D eigenvalue weighted by molar-refractivity contribution is 0.349. The van der Waals surface area contributed by atoms with Crippen LogP contribution in [0.4, 0.5) is 5.82 Å². The third kappa shape index (κ3) is 3.28. The lowest BCUT2D eigenvalue weighted by Gasteiger charge is -2.30. The summed E-state index contributed by atoms with van der Waals surface area (Å²) in [7, 11) is 0. The highest BCUT2D eigenvalue weighted by Gasteiger charge is 2.21. The number of aryl methyl sites for hydroxylation is 1. The van der Waals surface area contributed by atoms with Gasteiger partial charge in [0.25, 0.3) is 0 Å². The number of aromatic amines is 1. The number of rotatable bonds is 3. The lowest BCUT2D eigenvalue weighted by atomic mass is 9.86. The fourth-order valence-corrected chi connectivity index (χ4v) is 2.71. The maximum absolute atomic E-state index is 5.18. The lowest BCUT2D eigenvalue weighted by Crippen LogP contribution is -2.30. The van der Waals surface area contributed by atoms with Crippen LogP contribution in [-0.2, 0) is 6.42 Å². The summed E-state index contributed by atoms with van der Waals surface area (Å²) in [5, 5.41) is 3.58. The second-order valence-corrected chi connectivity index (χ2v) is 5.36. The molecule has 94 valence electrons. The Morgan fingerprint density at radius 2 is 2.24 bits per heavy atom. The number of aromatic nitrogens is 2. The van der Waals surface area contributed by atoms with E-state index < -0.39 is 0 Å². The quantitative estimate of drug-likeness (QED) is 0.805. The number of H-pyrrole nitrogens is 1. The van der Waals surface area contributed by atoms with E-state index >= 15 is 0 Å². The smallest absolute Gasteiger partial charge is 0.131 e. The van der Waals surface area contributed by atoms with E-state index in [1.54, 1.807) is 0 Å². The van der Waals surface area contributed by atoms with Crippen LogP contribution in [0.25, 0.3) is 0 Å². The summed E-state index contributed by atoms with van der Waals surface area (Å²) < 4.78 is 0.673. The molecule has 0 aromatic carbocycles. The van der Waals surface area contributed by atoms with Crippen LogP contribution in [0.3, 0.4) is 0 Å². The molecule has 0 spiro atoms. The summed E-state index contributed by atoms with van der Waals surface area (Å²) in [4.78, 5) is 7.60. The van der Waals surface area contributed by atoms with E-state index in [1.807, 2.05) is 6.07 Å². The first-order valence-electron chi connectivity index (χ1n) is 6.56. The molecular weight excluding hydrogens is 230 g/mol. The van der Waals surface area contributed by atoms with Crippen molar-refractivity contribution in [2.45, 2.75) is 52.0 Å². The van der Waals surface area contributed by atoms with Gasteiger partial charge in [-0.25, -0.2) is 4.98 Å². The highest BCUT2D eigenvalue weighted by molar-refractivity contribution is 7.71. The maximum atomic E-state index is 5.18. The summed E-state index contributed by atoms with van der Waals surface area (Å²) in [6.07, 6.45) is 6.16. The summed E-state index contributed by atoms with van der Waals surface area (Å²) >= 11 is 5.18. The number of nitrogens with one attached hydrogen (secondary N) is 2. The molecular formula is C13H21N3S. The topological polar surface area (TPSA) is 40.7 Å².